The number of aromatic amines is 1. The Bertz CT molecular complexity index is 406. The molecule has 0 bridgehead atoms. The second-order valence-corrected chi connectivity index (χ2v) is 2.63. The molecule has 13 heavy (non-hydrogen) atoms. The fraction of sp³-hybridized carbons (Fsp3) is 0. The number of nitrogens with two attached hydrogens (primary N) is 2. The summed E-state index contributed by atoms with van der Waals surface area (Å²) in [5.74, 6) is 0.587. The molecule has 0 aliphatic carbocycles. The molecule has 5 nitrogen and oxygen atoms in total. The first-order chi connectivity index (χ1) is 6.27. The van der Waals surface area contributed by atoms with Gasteiger partial charge in [0.2, 0.25) is 5.95 Å². The molecular weight excluding hydrogens is 166 g/mol. The maximum atomic E-state index is 5.67. The van der Waals surface area contributed by atoms with E-state index < -0.39 is 0 Å². The fourth-order valence-electron chi connectivity index (χ4n) is 1.12. The van der Waals surface area contributed by atoms with E-state index in [0.29, 0.717) is 5.82 Å². The highest BCUT2D eigenvalue weighted by molar-refractivity contribution is 5.72. The molecule has 0 amide bonds. The number of rotatable bonds is 1. The average Bonchev–Trinajstić information content (AvgIpc) is 2.56. The molecular formula is C8H9N5. The second kappa shape index (κ2) is 2.78. The molecule has 2 aromatic rings. The Labute approximate surface area is 74.8 Å². The first-order valence-corrected chi connectivity index (χ1v) is 3.78. The van der Waals surface area contributed by atoms with Gasteiger partial charge in [-0.25, -0.2) is 4.98 Å². The van der Waals surface area contributed by atoms with Crippen LogP contribution in [0, 0.1) is 0 Å². The van der Waals surface area contributed by atoms with E-state index in [1.807, 2.05) is 18.5 Å². The molecule has 0 radical (unpaired) electrons. The molecule has 5 N–H and O–H groups in total. The smallest absolute Gasteiger partial charge is 0.221 e. The van der Waals surface area contributed by atoms with E-state index in [1.165, 1.54) is 0 Å². The Morgan fingerprint density at radius 3 is 2.77 bits per heavy atom. The van der Waals surface area contributed by atoms with Crippen LogP contribution in [0.1, 0.15) is 0 Å². The molecule has 0 spiro atoms. The summed E-state index contributed by atoms with van der Waals surface area (Å²) in [6.45, 7) is 0. The Kier molecular flexibility index (Phi) is 1.63. The van der Waals surface area contributed by atoms with Gasteiger partial charge in [-0.15, -0.1) is 0 Å². The van der Waals surface area contributed by atoms with Crippen LogP contribution in [-0.4, -0.2) is 15.0 Å². The van der Waals surface area contributed by atoms with Gasteiger partial charge in [0.15, 0.2) is 0 Å². The molecule has 0 aromatic carbocycles. The van der Waals surface area contributed by atoms with Gasteiger partial charge in [-0.1, -0.05) is 0 Å². The number of H-pyrrole nitrogens is 1. The number of nitrogens with one attached hydrogen (secondary N) is 1. The number of hydrogen-bond acceptors (Lipinski definition) is 4. The summed E-state index contributed by atoms with van der Waals surface area (Å²) >= 11 is 0. The van der Waals surface area contributed by atoms with Crippen molar-refractivity contribution >= 4 is 11.8 Å². The Morgan fingerprint density at radius 2 is 2.15 bits per heavy atom. The molecule has 0 saturated carbocycles. The summed E-state index contributed by atoms with van der Waals surface area (Å²) in [7, 11) is 0. The second-order valence-electron chi connectivity index (χ2n) is 2.63. The largest absolute Gasteiger partial charge is 0.383 e. The topological polar surface area (TPSA) is 93.6 Å². The summed E-state index contributed by atoms with van der Waals surface area (Å²) in [4.78, 5) is 10.7. The number of hydrogen-bond donors (Lipinski definition) is 3. The Morgan fingerprint density at radius 1 is 1.31 bits per heavy atom. The van der Waals surface area contributed by atoms with Crippen molar-refractivity contribution in [2.45, 2.75) is 0 Å². The summed E-state index contributed by atoms with van der Waals surface area (Å²) in [6, 6.07) is 1.89. The average molecular weight is 175 g/mol. The monoisotopic (exact) mass is 175 g/mol. The molecule has 66 valence electrons. The van der Waals surface area contributed by atoms with Crippen LogP contribution in [-0.2, 0) is 0 Å². The third-order valence-corrected chi connectivity index (χ3v) is 1.75. The van der Waals surface area contributed by atoms with Crippen LogP contribution in [0.25, 0.3) is 11.1 Å². The first-order valence-electron chi connectivity index (χ1n) is 3.78. The molecule has 2 rings (SSSR count). The van der Waals surface area contributed by atoms with Crippen LogP contribution in [0.15, 0.2) is 24.7 Å². The van der Waals surface area contributed by atoms with E-state index in [2.05, 4.69) is 15.0 Å². The van der Waals surface area contributed by atoms with Gasteiger partial charge in [-0.2, -0.15) is 4.98 Å². The van der Waals surface area contributed by atoms with Crippen molar-refractivity contribution in [3.05, 3.63) is 24.7 Å². The third-order valence-electron chi connectivity index (χ3n) is 1.75. The summed E-state index contributed by atoms with van der Waals surface area (Å²) in [6.07, 6.45) is 5.25. The van der Waals surface area contributed by atoms with Crippen molar-refractivity contribution < 1.29 is 0 Å². The van der Waals surface area contributed by atoms with E-state index in [4.69, 9.17) is 11.5 Å². The van der Waals surface area contributed by atoms with E-state index in [0.717, 1.165) is 11.1 Å². The SMILES string of the molecule is Nc1ncc(-c2cc[nH]c2)c(N)n1. The standard InChI is InChI=1S/C8H9N5/c9-7-6(4-12-8(10)13-7)5-1-2-11-3-5/h1-4,11H,(H4,9,10,12,13). The van der Waals surface area contributed by atoms with Crippen LogP contribution in [0.3, 0.4) is 0 Å². The van der Waals surface area contributed by atoms with E-state index in [9.17, 15) is 0 Å². The van der Waals surface area contributed by atoms with Crippen molar-refractivity contribution in [1.29, 1.82) is 0 Å². The summed E-state index contributed by atoms with van der Waals surface area (Å²) in [5, 5.41) is 0. The first kappa shape index (κ1) is 7.60. The van der Waals surface area contributed by atoms with Gasteiger partial charge in [0, 0.05) is 29.7 Å². The van der Waals surface area contributed by atoms with Gasteiger partial charge < -0.3 is 16.5 Å². The Hall–Kier alpha value is -2.04. The van der Waals surface area contributed by atoms with Crippen LogP contribution in [0.2, 0.25) is 0 Å². The lowest BCUT2D eigenvalue weighted by atomic mass is 10.2. The number of nitrogen functional groups attached to an aromatic ring is 2. The molecule has 0 unspecified atom stereocenters. The molecule has 0 atom stereocenters. The van der Waals surface area contributed by atoms with Gasteiger partial charge in [0.1, 0.15) is 5.82 Å². The number of nitrogens with zero attached hydrogens (tertiary/aromatic N) is 2. The zero-order valence-corrected chi connectivity index (χ0v) is 6.86. The summed E-state index contributed by atoms with van der Waals surface area (Å²) in [5.41, 5.74) is 12.8. The minimum absolute atomic E-state index is 0.191. The molecule has 2 aromatic heterocycles. The minimum atomic E-state index is 0.191. The molecule has 5 heteroatoms. The molecule has 0 aliphatic rings. The van der Waals surface area contributed by atoms with Crippen LogP contribution in [0.5, 0.6) is 0 Å². The molecule has 2 heterocycles. The lowest BCUT2D eigenvalue weighted by Crippen LogP contribution is -2.00. The van der Waals surface area contributed by atoms with Crippen molar-refractivity contribution in [1.82, 2.24) is 15.0 Å². The zero-order chi connectivity index (χ0) is 9.26. The quantitative estimate of drug-likeness (QED) is 0.592. The van der Waals surface area contributed by atoms with Crippen molar-refractivity contribution in [3.63, 3.8) is 0 Å². The van der Waals surface area contributed by atoms with E-state index in [1.54, 1.807) is 6.20 Å². The van der Waals surface area contributed by atoms with Crippen molar-refractivity contribution in [2.24, 2.45) is 0 Å². The molecule has 0 fully saturated rings. The van der Waals surface area contributed by atoms with Gasteiger partial charge in [0.05, 0.1) is 0 Å². The third kappa shape index (κ3) is 1.31. The van der Waals surface area contributed by atoms with Crippen molar-refractivity contribution in [2.75, 3.05) is 11.5 Å². The highest BCUT2D eigenvalue weighted by Gasteiger charge is 2.04. The lowest BCUT2D eigenvalue weighted by Gasteiger charge is -2.01. The zero-order valence-electron chi connectivity index (χ0n) is 6.86. The normalized spacial score (nSPS) is 10.2. The Balaban J connectivity index is 2.53. The van der Waals surface area contributed by atoms with Crippen LogP contribution < -0.4 is 11.5 Å². The van der Waals surface area contributed by atoms with Gasteiger partial charge in [-0.05, 0) is 6.07 Å². The lowest BCUT2D eigenvalue weighted by molar-refractivity contribution is 1.20. The predicted molar refractivity (Wildman–Crippen MR) is 50.6 cm³/mol. The highest BCUT2D eigenvalue weighted by atomic mass is 15.0. The van der Waals surface area contributed by atoms with Gasteiger partial charge in [-0.3, -0.25) is 0 Å². The van der Waals surface area contributed by atoms with E-state index in [-0.39, 0.29) is 5.95 Å². The van der Waals surface area contributed by atoms with E-state index >= 15 is 0 Å². The minimum Gasteiger partial charge on any atom is -0.383 e. The fourth-order valence-corrected chi connectivity index (χ4v) is 1.12. The summed E-state index contributed by atoms with van der Waals surface area (Å²) < 4.78 is 0. The maximum absolute atomic E-state index is 5.67. The van der Waals surface area contributed by atoms with Gasteiger partial charge >= 0.3 is 0 Å². The van der Waals surface area contributed by atoms with Crippen LogP contribution in [0.4, 0.5) is 11.8 Å². The maximum Gasteiger partial charge on any atom is 0.221 e. The van der Waals surface area contributed by atoms with Crippen molar-refractivity contribution in [3.8, 4) is 11.1 Å². The number of anilines is 2. The molecule has 0 aliphatic heterocycles. The number of aromatic nitrogens is 3. The van der Waals surface area contributed by atoms with Gasteiger partial charge in [0.25, 0.3) is 0 Å². The van der Waals surface area contributed by atoms with Crippen LogP contribution >= 0.6 is 0 Å². The predicted octanol–water partition coefficient (Wildman–Crippen LogP) is 0.636. The highest BCUT2D eigenvalue weighted by Crippen LogP contribution is 2.22. The molecule has 0 saturated heterocycles.